The van der Waals surface area contributed by atoms with Gasteiger partial charge in [0.25, 0.3) is 5.69 Å². The van der Waals surface area contributed by atoms with E-state index in [1.54, 1.807) is 43.3 Å². The minimum Gasteiger partial charge on any atom is -0.352 e. The molecule has 2 rings (SSSR count). The van der Waals surface area contributed by atoms with E-state index in [-0.39, 0.29) is 36.5 Å². The molecule has 0 bridgehead atoms. The first kappa shape index (κ1) is 22.4. The SMILES string of the molecule is CC(C)NC(=O)[C@H](C)N(Cc1cccc(Cl)c1)C(=O)Cc1ccccc1[N+](=O)[O-]. The van der Waals surface area contributed by atoms with Gasteiger partial charge in [-0.1, -0.05) is 41.9 Å². The summed E-state index contributed by atoms with van der Waals surface area (Å²) in [4.78, 5) is 37.8. The molecule has 0 saturated heterocycles. The highest BCUT2D eigenvalue weighted by Crippen LogP contribution is 2.21. The number of halogens is 1. The normalized spacial score (nSPS) is 11.8. The zero-order valence-electron chi connectivity index (χ0n) is 16.6. The number of nitro benzene ring substituents is 1. The summed E-state index contributed by atoms with van der Waals surface area (Å²) in [6, 6.07) is 12.3. The number of carbonyl (C=O) groups is 2. The number of hydrogen-bond donors (Lipinski definition) is 1. The van der Waals surface area contributed by atoms with Gasteiger partial charge in [0.05, 0.1) is 11.3 Å². The fourth-order valence-corrected chi connectivity index (χ4v) is 3.14. The highest BCUT2D eigenvalue weighted by molar-refractivity contribution is 6.30. The van der Waals surface area contributed by atoms with Gasteiger partial charge in [0.1, 0.15) is 6.04 Å². The van der Waals surface area contributed by atoms with Crippen molar-refractivity contribution in [1.29, 1.82) is 0 Å². The summed E-state index contributed by atoms with van der Waals surface area (Å²) >= 11 is 6.05. The summed E-state index contributed by atoms with van der Waals surface area (Å²) < 4.78 is 0. The molecule has 0 heterocycles. The molecule has 0 aliphatic rings. The molecule has 2 aromatic carbocycles. The third-order valence-electron chi connectivity index (χ3n) is 4.37. The van der Waals surface area contributed by atoms with Crippen LogP contribution >= 0.6 is 11.6 Å². The van der Waals surface area contributed by atoms with Gasteiger partial charge in [0.15, 0.2) is 0 Å². The number of nitrogens with one attached hydrogen (secondary N) is 1. The first-order valence-electron chi connectivity index (χ1n) is 9.25. The minimum absolute atomic E-state index is 0.0803. The smallest absolute Gasteiger partial charge is 0.273 e. The van der Waals surface area contributed by atoms with Crippen LogP contribution in [0.5, 0.6) is 0 Å². The van der Waals surface area contributed by atoms with Crippen LogP contribution in [-0.2, 0) is 22.6 Å². The Kier molecular flexibility index (Phi) is 7.73. The molecule has 1 atom stereocenters. The van der Waals surface area contributed by atoms with Gasteiger partial charge in [0, 0.05) is 29.2 Å². The second kappa shape index (κ2) is 10.0. The molecule has 29 heavy (non-hydrogen) atoms. The van der Waals surface area contributed by atoms with Gasteiger partial charge < -0.3 is 10.2 Å². The fraction of sp³-hybridized carbons (Fsp3) is 0.333. The van der Waals surface area contributed by atoms with Gasteiger partial charge in [-0.3, -0.25) is 19.7 Å². The number of nitro groups is 1. The topological polar surface area (TPSA) is 92.6 Å². The van der Waals surface area contributed by atoms with Gasteiger partial charge in [-0.2, -0.15) is 0 Å². The summed E-state index contributed by atoms with van der Waals surface area (Å²) in [6.07, 6.45) is -0.184. The first-order valence-corrected chi connectivity index (χ1v) is 9.63. The number of nitrogens with zero attached hydrogens (tertiary/aromatic N) is 2. The van der Waals surface area contributed by atoms with E-state index in [9.17, 15) is 19.7 Å². The Bertz CT molecular complexity index is 901. The number of hydrogen-bond acceptors (Lipinski definition) is 4. The second-order valence-electron chi connectivity index (χ2n) is 7.05. The molecule has 0 aliphatic carbocycles. The highest BCUT2D eigenvalue weighted by atomic mass is 35.5. The molecule has 154 valence electrons. The largest absolute Gasteiger partial charge is 0.352 e. The molecular formula is C21H24ClN3O4. The number of para-hydroxylation sites is 1. The van der Waals surface area contributed by atoms with Crippen LogP contribution in [0.4, 0.5) is 5.69 Å². The van der Waals surface area contributed by atoms with Crippen molar-refractivity contribution in [1.82, 2.24) is 10.2 Å². The molecule has 0 aromatic heterocycles. The lowest BCUT2D eigenvalue weighted by atomic mass is 10.1. The first-order chi connectivity index (χ1) is 13.7. The van der Waals surface area contributed by atoms with E-state index in [1.165, 1.54) is 11.0 Å². The van der Waals surface area contributed by atoms with Crippen molar-refractivity contribution in [2.45, 2.75) is 45.8 Å². The van der Waals surface area contributed by atoms with Gasteiger partial charge in [-0.25, -0.2) is 0 Å². The van der Waals surface area contributed by atoms with Gasteiger partial charge in [-0.05, 0) is 38.5 Å². The minimum atomic E-state index is -0.758. The maximum atomic E-state index is 13.1. The van der Waals surface area contributed by atoms with Crippen LogP contribution < -0.4 is 5.32 Å². The van der Waals surface area contributed by atoms with E-state index in [2.05, 4.69) is 5.32 Å². The molecule has 0 radical (unpaired) electrons. The van der Waals surface area contributed by atoms with Crippen LogP contribution in [-0.4, -0.2) is 33.7 Å². The molecule has 0 saturated carbocycles. The Labute approximate surface area is 174 Å². The summed E-state index contributed by atoms with van der Waals surface area (Å²) in [5.41, 5.74) is 0.940. The van der Waals surface area contributed by atoms with Crippen molar-refractivity contribution >= 4 is 29.1 Å². The molecule has 1 N–H and O–H groups in total. The van der Waals surface area contributed by atoms with Crippen LogP contribution in [0.2, 0.25) is 5.02 Å². The van der Waals surface area contributed by atoms with E-state index in [0.29, 0.717) is 10.6 Å². The van der Waals surface area contributed by atoms with Crippen LogP contribution in [0.25, 0.3) is 0 Å². The third kappa shape index (κ3) is 6.29. The van der Waals surface area contributed by atoms with Crippen molar-refractivity contribution < 1.29 is 14.5 Å². The van der Waals surface area contributed by atoms with Crippen LogP contribution in [0, 0.1) is 10.1 Å². The highest BCUT2D eigenvalue weighted by Gasteiger charge is 2.28. The summed E-state index contributed by atoms with van der Waals surface area (Å²) in [5.74, 6) is -0.677. The van der Waals surface area contributed by atoms with Crippen molar-refractivity contribution in [3.63, 3.8) is 0 Å². The fourth-order valence-electron chi connectivity index (χ4n) is 2.92. The van der Waals surface area contributed by atoms with Gasteiger partial charge in [0.2, 0.25) is 11.8 Å². The molecule has 2 amide bonds. The molecule has 0 aliphatic heterocycles. The number of rotatable bonds is 8. The summed E-state index contributed by atoms with van der Waals surface area (Å²) in [5, 5.41) is 14.6. The van der Waals surface area contributed by atoms with Crippen molar-refractivity contribution in [3.8, 4) is 0 Å². The van der Waals surface area contributed by atoms with E-state index < -0.39 is 11.0 Å². The van der Waals surface area contributed by atoms with Crippen molar-refractivity contribution in [3.05, 3.63) is 74.8 Å². The van der Waals surface area contributed by atoms with Crippen LogP contribution in [0.15, 0.2) is 48.5 Å². The third-order valence-corrected chi connectivity index (χ3v) is 4.61. The average Bonchev–Trinajstić information content (AvgIpc) is 2.65. The van der Waals surface area contributed by atoms with E-state index in [4.69, 9.17) is 11.6 Å². The van der Waals surface area contributed by atoms with E-state index >= 15 is 0 Å². The summed E-state index contributed by atoms with van der Waals surface area (Å²) in [6.45, 7) is 5.47. The monoisotopic (exact) mass is 417 g/mol. The second-order valence-corrected chi connectivity index (χ2v) is 7.49. The maximum Gasteiger partial charge on any atom is 0.273 e. The molecule has 8 heteroatoms. The summed E-state index contributed by atoms with van der Waals surface area (Å²) in [7, 11) is 0. The molecule has 0 fully saturated rings. The number of carbonyl (C=O) groups excluding carboxylic acids is 2. The Morgan fingerprint density at radius 2 is 1.83 bits per heavy atom. The van der Waals surface area contributed by atoms with E-state index in [1.807, 2.05) is 19.9 Å². The van der Waals surface area contributed by atoms with E-state index in [0.717, 1.165) is 5.56 Å². The molecule has 7 nitrogen and oxygen atoms in total. The Morgan fingerprint density at radius 3 is 2.45 bits per heavy atom. The molecule has 0 spiro atoms. The molecule has 2 aromatic rings. The van der Waals surface area contributed by atoms with Crippen molar-refractivity contribution in [2.24, 2.45) is 0 Å². The number of amides is 2. The predicted molar refractivity (Wildman–Crippen MR) is 112 cm³/mol. The van der Waals surface area contributed by atoms with Gasteiger partial charge in [-0.15, -0.1) is 0 Å². The van der Waals surface area contributed by atoms with Gasteiger partial charge >= 0.3 is 0 Å². The quantitative estimate of drug-likeness (QED) is 0.523. The lowest BCUT2D eigenvalue weighted by Crippen LogP contribution is -2.49. The molecule has 0 unspecified atom stereocenters. The zero-order chi connectivity index (χ0) is 21.6. The van der Waals surface area contributed by atoms with Crippen molar-refractivity contribution in [2.75, 3.05) is 0 Å². The lowest BCUT2D eigenvalue weighted by molar-refractivity contribution is -0.385. The lowest BCUT2D eigenvalue weighted by Gasteiger charge is -2.29. The van der Waals surface area contributed by atoms with Crippen LogP contribution in [0.3, 0.4) is 0 Å². The predicted octanol–water partition coefficient (Wildman–Crippen LogP) is 3.73. The average molecular weight is 418 g/mol. The molecular weight excluding hydrogens is 394 g/mol. The zero-order valence-corrected chi connectivity index (χ0v) is 17.3. The Balaban J connectivity index is 2.31. The standard InChI is InChI=1S/C21H24ClN3O4/c1-14(2)23-21(27)15(3)24(13-16-7-6-9-18(22)11-16)20(26)12-17-8-4-5-10-19(17)25(28)29/h4-11,14-15H,12-13H2,1-3H3,(H,23,27)/t15-/m0/s1. The Morgan fingerprint density at radius 1 is 1.14 bits per heavy atom. The Hall–Kier alpha value is -2.93. The number of benzene rings is 2. The van der Waals surface area contributed by atoms with Crippen LogP contribution in [0.1, 0.15) is 31.9 Å². The maximum absolute atomic E-state index is 13.1.